The van der Waals surface area contributed by atoms with Gasteiger partial charge in [0.15, 0.2) is 0 Å². The Balaban J connectivity index is -0.000000321. The van der Waals surface area contributed by atoms with Crippen molar-refractivity contribution < 1.29 is 48.3 Å². The summed E-state index contributed by atoms with van der Waals surface area (Å²) in [5.41, 5.74) is 0.176. The molecule has 0 aromatic rings. The molecule has 0 aliphatic carbocycles. The fraction of sp³-hybridized carbons (Fsp3) is 0.875. The number of hydrogen-bond acceptors (Lipinski definition) is 4. The number of carboxylic acids is 2. The van der Waals surface area contributed by atoms with Gasteiger partial charge in [0.25, 0.3) is 0 Å². The molecule has 0 rings (SSSR count). The summed E-state index contributed by atoms with van der Waals surface area (Å²) in [5, 5.41) is 16.4. The molecule has 0 unspecified atom stereocenters. The summed E-state index contributed by atoms with van der Waals surface area (Å²) in [4.78, 5) is 29.9. The molecular weight excluding hydrogens is 624 g/mol. The van der Waals surface area contributed by atoms with Gasteiger partial charge in [0.05, 0.1) is 0 Å². The third kappa shape index (κ3) is 64.1. The molecule has 0 saturated carbocycles. The summed E-state index contributed by atoms with van der Waals surface area (Å²) < 4.78 is 8.25. The Morgan fingerprint density at radius 2 is 0.766 bits per heavy atom. The van der Waals surface area contributed by atoms with E-state index < -0.39 is 11.9 Å². The number of carboxylic acid groups (broad SMARTS) is 2. The van der Waals surface area contributed by atoms with Gasteiger partial charge in [0.2, 0.25) is 0 Å². The maximum absolute atomic E-state index is 10.3. The zero-order valence-electron chi connectivity index (χ0n) is 31.7. The first kappa shape index (κ1) is 52.7. The van der Waals surface area contributed by atoms with Gasteiger partial charge in [-0.2, -0.15) is 6.42 Å². The van der Waals surface area contributed by atoms with Gasteiger partial charge in [-0.05, 0) is 25.2 Å². The van der Waals surface area contributed by atoms with Crippen LogP contribution in [0.3, 0.4) is 0 Å². The molecule has 2 N–H and O–H groups in total. The van der Waals surface area contributed by atoms with E-state index in [1.807, 2.05) is 6.29 Å². The van der Waals surface area contributed by atoms with Crippen molar-refractivity contribution in [3.63, 3.8) is 0 Å². The van der Waals surface area contributed by atoms with Gasteiger partial charge in [0, 0.05) is 12.0 Å². The van der Waals surface area contributed by atoms with Crippen molar-refractivity contribution in [3.05, 3.63) is 12.2 Å². The number of unbranched alkanes of at least 4 members (excludes halogenated alkanes) is 23. The van der Waals surface area contributed by atoms with Gasteiger partial charge in [-0.3, -0.25) is 11.1 Å². The van der Waals surface area contributed by atoms with E-state index in [1.54, 1.807) is 0 Å². The summed E-state index contributed by atoms with van der Waals surface area (Å²) in [6.45, 7) is 13.8. The molecular formula is C40H77O6Ti. The van der Waals surface area contributed by atoms with Gasteiger partial charge >= 0.3 is 35.7 Å². The minimum atomic E-state index is -0.935. The fourth-order valence-electron chi connectivity index (χ4n) is 5.11. The Labute approximate surface area is 303 Å². The van der Waals surface area contributed by atoms with E-state index in [-0.39, 0.29) is 5.57 Å². The van der Waals surface area contributed by atoms with E-state index in [1.165, 1.54) is 155 Å². The van der Waals surface area contributed by atoms with Crippen molar-refractivity contribution in [2.24, 2.45) is 11.8 Å². The van der Waals surface area contributed by atoms with Crippen LogP contribution in [0.4, 0.5) is 0 Å². The van der Waals surface area contributed by atoms with Gasteiger partial charge in [-0.15, -0.1) is 0 Å². The molecule has 0 saturated heterocycles. The molecule has 47 heavy (non-hydrogen) atoms. The first-order valence-electron chi connectivity index (χ1n) is 19.2. The van der Waals surface area contributed by atoms with Crippen LogP contribution in [0.25, 0.3) is 0 Å². The van der Waals surface area contributed by atoms with Crippen LogP contribution < -0.4 is 0 Å². The second-order valence-corrected chi connectivity index (χ2v) is 14.0. The monoisotopic (exact) mass is 702 g/mol. The third-order valence-electron chi connectivity index (χ3n) is 8.10. The first-order valence-corrected chi connectivity index (χ1v) is 19.8. The maximum atomic E-state index is 10.3. The molecule has 0 spiro atoms. The van der Waals surface area contributed by atoms with E-state index in [0.717, 1.165) is 51.5 Å². The average molecular weight is 702 g/mol. The number of aliphatic carboxylic acids is 2. The van der Waals surface area contributed by atoms with Crippen LogP contribution in [0, 0.1) is 11.8 Å². The molecule has 0 aromatic heterocycles. The minimum absolute atomic E-state index is 0.176. The normalized spacial score (nSPS) is 10.3. The zero-order chi connectivity index (χ0) is 36.4. The molecule has 0 bridgehead atoms. The predicted octanol–water partition coefficient (Wildman–Crippen LogP) is 12.9. The summed E-state index contributed by atoms with van der Waals surface area (Å²) in [6, 6.07) is 0. The van der Waals surface area contributed by atoms with Crippen molar-refractivity contribution in [1.82, 2.24) is 0 Å². The van der Waals surface area contributed by atoms with Gasteiger partial charge in [-0.1, -0.05) is 195 Å². The number of carbonyl (C=O) groups excluding carboxylic acids is 1. The number of hydrogen-bond donors (Lipinski definition) is 2. The standard InChI is InChI=1S/C18H36O2.C18H35O.C4H6O2.O.Ti/c1-17(2)15-13-11-9-7-5-3-4-6-8-10-12-14-16-18(19)20;1-18(2)16-14-12-10-8-6-4-3-5-7-9-11-13-15-17-19;1-3(2)4(5)6;;/h17H,3-16H2,1-2H3,(H,19,20);18H,3-16H2,1-2H3;1H2,2H3,(H,5,6);;/q;-1;;;+1. The first-order chi connectivity index (χ1) is 22.5. The molecule has 0 aliphatic rings. The molecule has 7 heteroatoms. The van der Waals surface area contributed by atoms with E-state index in [9.17, 15) is 14.4 Å². The molecule has 0 fully saturated rings. The second kappa shape index (κ2) is 47.0. The molecule has 0 aromatic carbocycles. The van der Waals surface area contributed by atoms with Crippen LogP contribution in [-0.4, -0.2) is 28.4 Å². The van der Waals surface area contributed by atoms with Crippen LogP contribution in [0.2, 0.25) is 0 Å². The Morgan fingerprint density at radius 3 is 0.979 bits per heavy atom. The second-order valence-electron chi connectivity index (χ2n) is 14.0. The van der Waals surface area contributed by atoms with Crippen LogP contribution in [-0.2, 0) is 38.1 Å². The zero-order valence-corrected chi connectivity index (χ0v) is 33.2. The quantitative estimate of drug-likeness (QED) is 0.0322. The van der Waals surface area contributed by atoms with Crippen molar-refractivity contribution >= 4 is 18.2 Å². The Hall–Kier alpha value is -1.14. The number of carbonyl (C=O) groups is 2. The Morgan fingerprint density at radius 1 is 0.532 bits per heavy atom. The van der Waals surface area contributed by atoms with Crippen LogP contribution >= 0.6 is 0 Å². The van der Waals surface area contributed by atoms with Crippen LogP contribution in [0.1, 0.15) is 214 Å². The third-order valence-corrected chi connectivity index (χ3v) is 8.10. The van der Waals surface area contributed by atoms with Crippen molar-refractivity contribution in [1.29, 1.82) is 0 Å². The predicted molar refractivity (Wildman–Crippen MR) is 195 cm³/mol. The Kier molecular flexibility index (Phi) is 52.7. The van der Waals surface area contributed by atoms with Crippen molar-refractivity contribution in [2.45, 2.75) is 214 Å². The van der Waals surface area contributed by atoms with Crippen LogP contribution in [0.5, 0.6) is 0 Å². The van der Waals surface area contributed by atoms with Gasteiger partial charge in [0.1, 0.15) is 0 Å². The molecule has 6 nitrogen and oxygen atoms in total. The van der Waals surface area contributed by atoms with Gasteiger partial charge < -0.3 is 15.0 Å². The van der Waals surface area contributed by atoms with Crippen molar-refractivity contribution in [3.8, 4) is 0 Å². The Bertz CT molecular complexity index is 653. The molecule has 277 valence electrons. The van der Waals surface area contributed by atoms with E-state index >= 15 is 0 Å². The summed E-state index contributed by atoms with van der Waals surface area (Å²) in [7, 11) is 0. The summed E-state index contributed by atoms with van der Waals surface area (Å²) in [6.07, 6.45) is 37.6. The topological polar surface area (TPSA) is 109 Å². The molecule has 0 atom stereocenters. The summed E-state index contributed by atoms with van der Waals surface area (Å²) in [5.74, 6) is 0.156. The summed E-state index contributed by atoms with van der Waals surface area (Å²) >= 11 is 0.750. The van der Waals surface area contributed by atoms with Gasteiger partial charge in [-0.25, -0.2) is 4.79 Å². The molecule has 0 aliphatic heterocycles. The van der Waals surface area contributed by atoms with Crippen molar-refractivity contribution in [2.75, 3.05) is 0 Å². The molecule has 0 heterocycles. The van der Waals surface area contributed by atoms with Crippen LogP contribution in [0.15, 0.2) is 12.2 Å². The average Bonchev–Trinajstić information content (AvgIpc) is 3.02. The molecule has 0 radical (unpaired) electrons. The fourth-order valence-corrected chi connectivity index (χ4v) is 5.11. The van der Waals surface area contributed by atoms with E-state index in [0.29, 0.717) is 12.8 Å². The SMILES string of the molecule is C=C(C)C(=O)O.CC(C)CCCCCCCCCCCCCCC(=O)O.CC(C)CCCCCCCCCCCCCC[C-]=O.[O]=[Ti+]. The number of rotatable bonds is 31. The molecule has 0 amide bonds. The van der Waals surface area contributed by atoms with E-state index in [4.69, 9.17) is 13.5 Å². The van der Waals surface area contributed by atoms with E-state index in [2.05, 4.69) is 34.3 Å².